The lowest BCUT2D eigenvalue weighted by Gasteiger charge is -2.26. The molecule has 2 N–H and O–H groups in total. The van der Waals surface area contributed by atoms with E-state index in [1.807, 2.05) is 23.0 Å². The van der Waals surface area contributed by atoms with Gasteiger partial charge in [0.05, 0.1) is 17.2 Å². The Balaban J connectivity index is 1.69. The minimum Gasteiger partial charge on any atom is -0.386 e. The molecule has 6 heteroatoms. The molecule has 1 aliphatic rings. The largest absolute Gasteiger partial charge is 0.386 e. The topological polar surface area (TPSA) is 67.2 Å². The summed E-state index contributed by atoms with van der Waals surface area (Å²) in [6, 6.07) is 9.60. The quantitative estimate of drug-likeness (QED) is 0.606. The van der Waals surface area contributed by atoms with Crippen LogP contribution < -0.4 is 5.32 Å². The van der Waals surface area contributed by atoms with E-state index in [9.17, 15) is 14.3 Å². The number of halogens is 1. The van der Waals surface area contributed by atoms with Gasteiger partial charge < -0.3 is 10.4 Å². The van der Waals surface area contributed by atoms with Crippen molar-refractivity contribution in [3.63, 3.8) is 0 Å². The maximum Gasteiger partial charge on any atom is 0.255 e. The number of carbonyl (C=O) groups excluding carboxylic acids is 1. The monoisotopic (exact) mass is 409 g/mol. The molecule has 158 valence electrons. The van der Waals surface area contributed by atoms with Crippen molar-refractivity contribution in [2.75, 3.05) is 5.32 Å². The van der Waals surface area contributed by atoms with Crippen LogP contribution in [-0.4, -0.2) is 20.8 Å². The van der Waals surface area contributed by atoms with Crippen molar-refractivity contribution < 1.29 is 14.3 Å². The minimum atomic E-state index is -1.18. The molecule has 1 aliphatic carbocycles. The first kappa shape index (κ1) is 20.5. The third-order valence-corrected chi connectivity index (χ3v) is 6.02. The van der Waals surface area contributed by atoms with E-state index in [1.54, 1.807) is 19.9 Å². The Bertz CT molecular complexity index is 1080. The van der Waals surface area contributed by atoms with E-state index in [0.29, 0.717) is 17.3 Å². The molecule has 2 aromatic carbocycles. The molecule has 1 heterocycles. The summed E-state index contributed by atoms with van der Waals surface area (Å²) in [7, 11) is 0. The van der Waals surface area contributed by atoms with E-state index in [4.69, 9.17) is 5.10 Å². The van der Waals surface area contributed by atoms with Gasteiger partial charge in [0, 0.05) is 28.4 Å². The Morgan fingerprint density at radius 1 is 1.20 bits per heavy atom. The van der Waals surface area contributed by atoms with Gasteiger partial charge in [0.2, 0.25) is 0 Å². The number of hydrogen-bond acceptors (Lipinski definition) is 3. The van der Waals surface area contributed by atoms with Crippen LogP contribution >= 0.6 is 0 Å². The highest BCUT2D eigenvalue weighted by Gasteiger charge is 2.25. The molecule has 0 atom stereocenters. The highest BCUT2D eigenvalue weighted by atomic mass is 19.1. The van der Waals surface area contributed by atoms with Crippen molar-refractivity contribution in [3.05, 3.63) is 59.5 Å². The van der Waals surface area contributed by atoms with Crippen molar-refractivity contribution in [3.8, 4) is 0 Å². The molecule has 0 aliphatic heterocycles. The fourth-order valence-corrected chi connectivity index (χ4v) is 4.22. The summed E-state index contributed by atoms with van der Waals surface area (Å²) >= 11 is 0. The number of aromatic nitrogens is 2. The third kappa shape index (κ3) is 4.24. The fourth-order valence-electron chi connectivity index (χ4n) is 4.22. The molecule has 1 fully saturated rings. The molecule has 0 spiro atoms. The molecule has 0 bridgehead atoms. The standard InChI is InChI=1S/C24H28FN3O2/c1-15-7-9-19(10-8-15)28-14-17-12-22(20(24(2,3)30)13-21(17)27-28)26-23(29)16-5-4-6-18(25)11-16/h4-6,11-15,19,30H,7-10H2,1-3H3,(H,26,29)/t15-,19-. The second-order valence-corrected chi connectivity index (χ2v) is 9.00. The molecule has 1 amide bonds. The SMILES string of the molecule is CC(C)(O)c1cc2nn([C@H]3CC[C@H](C)CC3)cc2cc1NC(=O)c1cccc(F)c1. The number of benzene rings is 2. The number of aliphatic hydroxyl groups is 1. The second kappa shape index (κ2) is 7.84. The van der Waals surface area contributed by atoms with E-state index in [2.05, 4.69) is 12.2 Å². The molecular weight excluding hydrogens is 381 g/mol. The van der Waals surface area contributed by atoms with E-state index in [1.165, 1.54) is 31.0 Å². The minimum absolute atomic E-state index is 0.226. The first-order valence-electron chi connectivity index (χ1n) is 10.5. The second-order valence-electron chi connectivity index (χ2n) is 9.00. The number of rotatable bonds is 4. The maximum absolute atomic E-state index is 13.5. The van der Waals surface area contributed by atoms with Crippen LogP contribution in [0.3, 0.4) is 0 Å². The van der Waals surface area contributed by atoms with Crippen molar-refractivity contribution in [1.82, 2.24) is 9.78 Å². The van der Waals surface area contributed by atoms with Crippen LogP contribution in [0.2, 0.25) is 0 Å². The zero-order chi connectivity index (χ0) is 21.5. The maximum atomic E-state index is 13.5. The summed E-state index contributed by atoms with van der Waals surface area (Å²) in [6.45, 7) is 5.63. The number of nitrogens with one attached hydrogen (secondary N) is 1. The van der Waals surface area contributed by atoms with E-state index in [-0.39, 0.29) is 5.56 Å². The first-order chi connectivity index (χ1) is 14.2. The van der Waals surface area contributed by atoms with Crippen molar-refractivity contribution in [2.45, 2.75) is 58.1 Å². The molecule has 0 unspecified atom stereocenters. The normalized spacial score (nSPS) is 19.8. The Kier molecular flexibility index (Phi) is 5.36. The Morgan fingerprint density at radius 2 is 1.93 bits per heavy atom. The predicted octanol–water partition coefficient (Wildman–Crippen LogP) is 5.41. The van der Waals surface area contributed by atoms with Gasteiger partial charge in [0.15, 0.2) is 0 Å². The number of hydrogen-bond donors (Lipinski definition) is 2. The number of amides is 1. The first-order valence-corrected chi connectivity index (χ1v) is 10.5. The average molecular weight is 410 g/mol. The Morgan fingerprint density at radius 3 is 2.60 bits per heavy atom. The van der Waals surface area contributed by atoms with Crippen molar-refractivity contribution in [2.24, 2.45) is 5.92 Å². The fraction of sp³-hybridized carbons (Fsp3) is 0.417. The van der Waals surface area contributed by atoms with E-state index >= 15 is 0 Å². The number of nitrogens with zero attached hydrogens (tertiary/aromatic N) is 2. The van der Waals surface area contributed by atoms with Gasteiger partial charge >= 0.3 is 0 Å². The predicted molar refractivity (Wildman–Crippen MR) is 116 cm³/mol. The lowest BCUT2D eigenvalue weighted by molar-refractivity contribution is 0.0794. The molecule has 5 nitrogen and oxygen atoms in total. The molecule has 1 saturated carbocycles. The lowest BCUT2D eigenvalue weighted by atomic mass is 9.87. The number of carbonyl (C=O) groups is 1. The van der Waals surface area contributed by atoms with E-state index < -0.39 is 17.3 Å². The summed E-state index contributed by atoms with van der Waals surface area (Å²) in [4.78, 5) is 12.7. The van der Waals surface area contributed by atoms with Crippen LogP contribution in [0.15, 0.2) is 42.6 Å². The van der Waals surface area contributed by atoms with Crippen LogP contribution in [0.1, 0.15) is 68.4 Å². The summed E-state index contributed by atoms with van der Waals surface area (Å²) in [6.07, 6.45) is 6.63. The smallest absolute Gasteiger partial charge is 0.255 e. The molecule has 30 heavy (non-hydrogen) atoms. The highest BCUT2D eigenvalue weighted by Crippen LogP contribution is 2.35. The van der Waals surface area contributed by atoms with Crippen LogP contribution in [0.5, 0.6) is 0 Å². The molecule has 3 aromatic rings. The molecule has 0 radical (unpaired) electrons. The van der Waals surface area contributed by atoms with Crippen LogP contribution in [0.4, 0.5) is 10.1 Å². The summed E-state index contributed by atoms with van der Waals surface area (Å²) < 4.78 is 15.5. The van der Waals surface area contributed by atoms with Crippen LogP contribution in [0, 0.1) is 11.7 Å². The molecule has 0 saturated heterocycles. The summed E-state index contributed by atoms with van der Waals surface area (Å²) in [5.74, 6) is -0.130. The van der Waals surface area contributed by atoms with E-state index in [0.717, 1.165) is 29.7 Å². The van der Waals surface area contributed by atoms with Crippen LogP contribution in [0.25, 0.3) is 10.9 Å². The molecule has 4 rings (SSSR count). The van der Waals surface area contributed by atoms with Gasteiger partial charge in [-0.15, -0.1) is 0 Å². The summed E-state index contributed by atoms with van der Waals surface area (Å²) in [5, 5.41) is 19.2. The van der Waals surface area contributed by atoms with Crippen molar-refractivity contribution in [1.29, 1.82) is 0 Å². The number of fused-ring (bicyclic) bond motifs is 1. The summed E-state index contributed by atoms with van der Waals surface area (Å²) in [5.41, 5.74) is 0.907. The molecular formula is C24H28FN3O2. The van der Waals surface area contributed by atoms with Gasteiger partial charge in [-0.2, -0.15) is 5.10 Å². The van der Waals surface area contributed by atoms with Gasteiger partial charge in [-0.25, -0.2) is 4.39 Å². The average Bonchev–Trinajstić information content (AvgIpc) is 3.10. The lowest BCUT2D eigenvalue weighted by Crippen LogP contribution is -2.21. The van der Waals surface area contributed by atoms with Gasteiger partial charge in [-0.05, 0) is 75.8 Å². The van der Waals surface area contributed by atoms with Crippen LogP contribution in [-0.2, 0) is 5.60 Å². The van der Waals surface area contributed by atoms with Gasteiger partial charge in [-0.3, -0.25) is 9.48 Å². The third-order valence-electron chi connectivity index (χ3n) is 6.02. The Hall–Kier alpha value is -2.73. The zero-order valence-electron chi connectivity index (χ0n) is 17.7. The zero-order valence-corrected chi connectivity index (χ0v) is 17.7. The number of anilines is 1. The highest BCUT2D eigenvalue weighted by molar-refractivity contribution is 6.05. The van der Waals surface area contributed by atoms with Gasteiger partial charge in [-0.1, -0.05) is 13.0 Å². The van der Waals surface area contributed by atoms with Gasteiger partial charge in [0.25, 0.3) is 5.91 Å². The molecule has 1 aromatic heterocycles. The van der Waals surface area contributed by atoms with Gasteiger partial charge in [0.1, 0.15) is 5.82 Å². The Labute approximate surface area is 175 Å². The van der Waals surface area contributed by atoms with Crippen molar-refractivity contribution >= 4 is 22.5 Å².